The average molecular weight is 582 g/mol. The van der Waals surface area contributed by atoms with Crippen molar-refractivity contribution in [1.29, 1.82) is 0 Å². The van der Waals surface area contributed by atoms with Crippen LogP contribution in [0.15, 0.2) is 0 Å². The molecule has 3 fully saturated rings. The quantitative estimate of drug-likeness (QED) is 0.0811. The van der Waals surface area contributed by atoms with Crippen molar-refractivity contribution < 1.29 is 74.3 Å². The zero-order valence-electron chi connectivity index (χ0n) is 22.0. The predicted octanol–water partition coefficient (Wildman–Crippen LogP) is -3.83. The van der Waals surface area contributed by atoms with E-state index in [1.165, 1.54) is 6.92 Å². The van der Waals surface area contributed by atoms with E-state index < -0.39 is 97.8 Å². The molecule has 3 aliphatic heterocycles. The Bertz CT molecular complexity index is 874. The van der Waals surface area contributed by atoms with Gasteiger partial charge in [0.25, 0.3) is 11.8 Å². The van der Waals surface area contributed by atoms with Crippen LogP contribution in [-0.4, -0.2) is 138 Å². The molecular weight excluding hydrogens is 542 g/mol. The lowest BCUT2D eigenvalue weighted by molar-refractivity contribution is -0.353. The smallest absolute Gasteiger partial charge is 0.333 e. The van der Waals surface area contributed by atoms with Crippen molar-refractivity contribution in [3.8, 4) is 0 Å². The highest BCUT2D eigenvalue weighted by molar-refractivity contribution is 6.01. The van der Waals surface area contributed by atoms with Gasteiger partial charge in [0, 0.05) is 25.2 Å². The molecule has 0 saturated carbocycles. The molecule has 0 bridgehead atoms. The van der Waals surface area contributed by atoms with Gasteiger partial charge in [-0.25, -0.2) is 4.79 Å². The number of carbonyl (C=O) groups excluding carboxylic acids is 3. The lowest BCUT2D eigenvalue weighted by atomic mass is 9.75. The first-order valence-electron chi connectivity index (χ1n) is 13.2. The van der Waals surface area contributed by atoms with Gasteiger partial charge in [-0.1, -0.05) is 12.8 Å². The Morgan fingerprint density at radius 2 is 1.62 bits per heavy atom. The number of unbranched alkanes of at least 4 members (excludes halogenated alkanes) is 2. The summed E-state index contributed by atoms with van der Waals surface area (Å²) in [6.07, 6.45) is -13.5. The minimum Gasteiger partial charge on any atom is -0.394 e. The molecule has 0 radical (unpaired) electrons. The number of aliphatic hydroxyl groups is 8. The van der Waals surface area contributed by atoms with Gasteiger partial charge in [-0.05, 0) is 19.8 Å². The first kappa shape index (κ1) is 32.7. The third-order valence-corrected chi connectivity index (χ3v) is 7.61. The first-order valence-corrected chi connectivity index (χ1v) is 13.2. The third-order valence-electron chi connectivity index (χ3n) is 7.61. The van der Waals surface area contributed by atoms with Gasteiger partial charge in [0.1, 0.15) is 42.2 Å². The van der Waals surface area contributed by atoms with Gasteiger partial charge in [-0.15, -0.1) is 5.06 Å². The number of aliphatic hydroxyl groups excluding tert-OH is 7. The van der Waals surface area contributed by atoms with E-state index in [-0.39, 0.29) is 38.5 Å². The molecule has 16 heteroatoms. The molecule has 3 rings (SSSR count). The van der Waals surface area contributed by atoms with Crippen molar-refractivity contribution in [2.45, 2.75) is 113 Å². The third kappa shape index (κ3) is 6.96. The first-order chi connectivity index (χ1) is 18.8. The average Bonchev–Trinajstić information content (AvgIpc) is 3.24. The Morgan fingerprint density at radius 1 is 0.975 bits per heavy atom. The van der Waals surface area contributed by atoms with Crippen LogP contribution in [0.25, 0.3) is 0 Å². The van der Waals surface area contributed by atoms with E-state index in [9.17, 15) is 55.2 Å². The summed E-state index contributed by atoms with van der Waals surface area (Å²) in [5.74, 6) is -3.16. The molecule has 16 nitrogen and oxygen atoms in total. The second-order valence-electron chi connectivity index (χ2n) is 10.4. The summed E-state index contributed by atoms with van der Waals surface area (Å²) in [6, 6.07) is 0. The van der Waals surface area contributed by atoms with Crippen LogP contribution in [0.2, 0.25) is 0 Å². The summed E-state index contributed by atoms with van der Waals surface area (Å²) in [5, 5.41) is 83.0. The van der Waals surface area contributed by atoms with Gasteiger partial charge >= 0.3 is 5.97 Å². The molecule has 3 heterocycles. The minimum absolute atomic E-state index is 0.0200. The van der Waals surface area contributed by atoms with Crippen LogP contribution < -0.4 is 0 Å². The van der Waals surface area contributed by atoms with Crippen LogP contribution in [0.4, 0.5) is 0 Å². The summed E-state index contributed by atoms with van der Waals surface area (Å²) >= 11 is 0. The van der Waals surface area contributed by atoms with E-state index in [1.807, 2.05) is 0 Å². The molecular formula is C24H39NO15. The Balaban J connectivity index is 1.62. The molecule has 0 aromatic heterocycles. The van der Waals surface area contributed by atoms with Crippen molar-refractivity contribution >= 4 is 17.8 Å². The lowest BCUT2D eigenvalue weighted by Crippen LogP contribution is -2.70. The maximum Gasteiger partial charge on any atom is 0.333 e. The van der Waals surface area contributed by atoms with E-state index >= 15 is 0 Å². The van der Waals surface area contributed by atoms with Crippen molar-refractivity contribution in [3.63, 3.8) is 0 Å². The molecule has 0 aromatic rings. The van der Waals surface area contributed by atoms with E-state index in [1.54, 1.807) is 0 Å². The van der Waals surface area contributed by atoms with Crippen molar-refractivity contribution in [2.24, 2.45) is 5.92 Å². The molecule has 40 heavy (non-hydrogen) atoms. The highest BCUT2D eigenvalue weighted by Crippen LogP contribution is 2.38. The molecule has 8 N–H and O–H groups in total. The second kappa shape index (κ2) is 13.9. The van der Waals surface area contributed by atoms with E-state index in [2.05, 4.69) is 0 Å². The Labute approximate surface area is 229 Å². The van der Waals surface area contributed by atoms with E-state index in [0.29, 0.717) is 11.5 Å². The van der Waals surface area contributed by atoms with Crippen molar-refractivity contribution in [2.75, 3.05) is 13.2 Å². The molecule has 3 saturated heterocycles. The van der Waals surface area contributed by atoms with Crippen LogP contribution in [0.1, 0.15) is 51.9 Å². The van der Waals surface area contributed by atoms with E-state index in [4.69, 9.17) is 19.0 Å². The highest BCUT2D eigenvalue weighted by Gasteiger charge is 2.58. The van der Waals surface area contributed by atoms with Gasteiger partial charge in [0.05, 0.1) is 19.3 Å². The predicted molar refractivity (Wildman–Crippen MR) is 127 cm³/mol. The number of amides is 2. The molecule has 2 amide bonds. The second-order valence-corrected chi connectivity index (χ2v) is 10.4. The van der Waals surface area contributed by atoms with Crippen molar-refractivity contribution in [3.05, 3.63) is 0 Å². The monoisotopic (exact) mass is 581 g/mol. The highest BCUT2D eigenvalue weighted by atomic mass is 16.7. The van der Waals surface area contributed by atoms with Crippen LogP contribution in [0.5, 0.6) is 0 Å². The maximum atomic E-state index is 12.0. The molecule has 11 atom stereocenters. The SMILES string of the molecule is C[C@@H]1O[C@@H](OCC(CCCCCC(=O)ON2C(=O)CCC2=O)[C@@]2(O)[C@@H](O)O[C@H](CO)[C@@H](O)[C@@H]2O)[C@@H](O)[C@H](O)[C@@H]1O. The van der Waals surface area contributed by atoms with Crippen LogP contribution in [0, 0.1) is 5.92 Å². The molecule has 3 aliphatic rings. The largest absolute Gasteiger partial charge is 0.394 e. The molecule has 0 spiro atoms. The zero-order valence-corrected chi connectivity index (χ0v) is 22.0. The van der Waals surface area contributed by atoms with Gasteiger partial charge < -0.3 is 59.9 Å². The fourth-order valence-electron chi connectivity index (χ4n) is 5.02. The number of carbonyl (C=O) groups is 3. The summed E-state index contributed by atoms with van der Waals surface area (Å²) < 4.78 is 16.1. The zero-order chi connectivity index (χ0) is 29.8. The molecule has 230 valence electrons. The number of rotatable bonds is 12. The minimum atomic E-state index is -2.51. The van der Waals surface area contributed by atoms with Crippen LogP contribution in [0.3, 0.4) is 0 Å². The molecule has 1 unspecified atom stereocenters. The van der Waals surface area contributed by atoms with Crippen LogP contribution >= 0.6 is 0 Å². The summed E-state index contributed by atoms with van der Waals surface area (Å²) in [7, 11) is 0. The fraction of sp³-hybridized carbons (Fsp3) is 0.875. The maximum absolute atomic E-state index is 12.0. The number of ether oxygens (including phenoxy) is 3. The van der Waals surface area contributed by atoms with Crippen molar-refractivity contribution in [1.82, 2.24) is 5.06 Å². The Kier molecular flexibility index (Phi) is 11.3. The molecule has 0 aromatic carbocycles. The fourth-order valence-corrected chi connectivity index (χ4v) is 5.02. The number of hydrogen-bond donors (Lipinski definition) is 8. The number of hydrogen-bond acceptors (Lipinski definition) is 15. The van der Waals surface area contributed by atoms with Gasteiger partial charge in [0.2, 0.25) is 0 Å². The summed E-state index contributed by atoms with van der Waals surface area (Å²) in [4.78, 5) is 40.0. The van der Waals surface area contributed by atoms with Gasteiger partial charge in [-0.2, -0.15) is 0 Å². The number of imide groups is 1. The molecule has 0 aliphatic carbocycles. The lowest BCUT2D eigenvalue weighted by Gasteiger charge is -2.50. The summed E-state index contributed by atoms with van der Waals surface area (Å²) in [5.41, 5.74) is -2.51. The Morgan fingerprint density at radius 3 is 2.25 bits per heavy atom. The standard InChI is InChI=1S/C24H39NO15/c1-11-17(30)19(32)20(33)22(38-11)37-10-12(24(36)21(34)18(31)13(9-26)39-23(24)35)5-3-2-4-6-16(29)40-25-14(27)7-8-15(25)28/h11-13,17-23,26,30-36H,2-10H2,1H3/t11-,12?,13+,17+,18+,19+,20-,21-,22+,23-,24-/m0/s1. The number of nitrogens with zero attached hydrogens (tertiary/aromatic N) is 1. The topological polar surface area (TPSA) is 253 Å². The normalized spacial score (nSPS) is 39.4. The van der Waals surface area contributed by atoms with Crippen LogP contribution in [-0.2, 0) is 33.4 Å². The Hall–Kier alpha value is -1.83. The van der Waals surface area contributed by atoms with Gasteiger partial charge in [0.15, 0.2) is 12.6 Å². The summed E-state index contributed by atoms with van der Waals surface area (Å²) in [6.45, 7) is 0.204. The van der Waals surface area contributed by atoms with Gasteiger partial charge in [-0.3, -0.25) is 9.59 Å². The van der Waals surface area contributed by atoms with E-state index in [0.717, 1.165) is 0 Å². The number of hydroxylamine groups is 2.